The Labute approximate surface area is 170 Å². The number of aromatic nitrogens is 2. The van der Waals surface area contributed by atoms with Crippen molar-refractivity contribution in [2.24, 2.45) is 0 Å². The van der Waals surface area contributed by atoms with Crippen molar-refractivity contribution in [3.8, 4) is 16.6 Å². The fraction of sp³-hybridized carbons (Fsp3) is 0.263. The highest BCUT2D eigenvalue weighted by molar-refractivity contribution is 8.01. The van der Waals surface area contributed by atoms with E-state index in [-0.39, 0.29) is 5.91 Å². The van der Waals surface area contributed by atoms with Crippen LogP contribution in [0.5, 0.6) is 0 Å². The molecule has 1 amide bonds. The van der Waals surface area contributed by atoms with Gasteiger partial charge in [-0.25, -0.2) is 9.97 Å². The van der Waals surface area contributed by atoms with Crippen molar-refractivity contribution in [2.75, 3.05) is 11.1 Å². The number of nitriles is 1. The summed E-state index contributed by atoms with van der Waals surface area (Å²) in [5.41, 5.74) is 4.93. The van der Waals surface area contributed by atoms with Crippen LogP contribution in [0.1, 0.15) is 32.2 Å². The predicted octanol–water partition coefficient (Wildman–Crippen LogP) is 5.37. The first kappa shape index (κ1) is 19.5. The smallest absolute Gasteiger partial charge is 0.269 e. The number of thioether (sulfide) groups is 1. The zero-order valence-electron chi connectivity index (χ0n) is 15.4. The van der Waals surface area contributed by atoms with Gasteiger partial charge in [0.05, 0.1) is 27.4 Å². The Kier molecular flexibility index (Phi) is 5.95. The van der Waals surface area contributed by atoms with Gasteiger partial charge in [-0.3, -0.25) is 10.1 Å². The van der Waals surface area contributed by atoms with Crippen LogP contribution in [0.3, 0.4) is 0 Å². The maximum absolute atomic E-state index is 12.7. The lowest BCUT2D eigenvalue weighted by atomic mass is 10.1. The summed E-state index contributed by atoms with van der Waals surface area (Å²) in [5, 5.41) is 13.0. The molecule has 0 saturated carbocycles. The van der Waals surface area contributed by atoms with Crippen molar-refractivity contribution in [3.63, 3.8) is 0 Å². The Balaban J connectivity index is 1.82. The topological polar surface area (TPSA) is 78.7 Å². The van der Waals surface area contributed by atoms with Gasteiger partial charge in [-0.1, -0.05) is 46.9 Å². The summed E-state index contributed by atoms with van der Waals surface area (Å²) in [4.78, 5) is 22.3. The molecule has 0 unspecified atom stereocenters. The van der Waals surface area contributed by atoms with Gasteiger partial charge in [0.1, 0.15) is 9.88 Å². The molecule has 5 nitrogen and oxygen atoms in total. The van der Waals surface area contributed by atoms with Gasteiger partial charge in [0, 0.05) is 5.56 Å². The molecule has 2 aromatic heterocycles. The van der Waals surface area contributed by atoms with Gasteiger partial charge in [-0.2, -0.15) is 5.26 Å². The number of nitrogens with zero attached hydrogens (tertiary/aromatic N) is 3. The lowest BCUT2D eigenvalue weighted by Gasteiger charge is -2.03. The van der Waals surface area contributed by atoms with E-state index in [0.29, 0.717) is 21.5 Å². The molecule has 27 heavy (non-hydrogen) atoms. The monoisotopic (exact) mass is 414 g/mol. The van der Waals surface area contributed by atoms with Crippen molar-refractivity contribution in [1.29, 1.82) is 5.26 Å². The van der Waals surface area contributed by atoms with Gasteiger partial charge in [0.25, 0.3) is 5.91 Å². The number of hydrogen-bond acceptors (Lipinski definition) is 7. The van der Waals surface area contributed by atoms with Gasteiger partial charge in [-0.05, 0) is 33.3 Å². The van der Waals surface area contributed by atoms with Gasteiger partial charge in [0.15, 0.2) is 5.13 Å². The van der Waals surface area contributed by atoms with E-state index >= 15 is 0 Å². The van der Waals surface area contributed by atoms with E-state index in [1.807, 2.05) is 19.9 Å². The number of thiazole rings is 2. The molecule has 0 aliphatic rings. The standard InChI is InChI=1S/C19H18N4OS3/c1-10-5-6-14(11(2)9-10)17-21-12(3)15(26-17)16(24)23-19-22-13(4)18(27-19)25-8-7-20/h5-6,9H,8H2,1-4H3,(H,22,23,24). The molecule has 0 radical (unpaired) electrons. The average molecular weight is 415 g/mol. The fourth-order valence-electron chi connectivity index (χ4n) is 2.60. The van der Waals surface area contributed by atoms with Crippen LogP contribution < -0.4 is 5.32 Å². The molecule has 0 atom stereocenters. The molecule has 0 aliphatic heterocycles. The highest BCUT2D eigenvalue weighted by Crippen LogP contribution is 2.34. The van der Waals surface area contributed by atoms with Gasteiger partial charge in [0.2, 0.25) is 0 Å². The highest BCUT2D eigenvalue weighted by atomic mass is 32.2. The predicted molar refractivity (Wildman–Crippen MR) is 113 cm³/mol. The lowest BCUT2D eigenvalue weighted by molar-refractivity contribution is 0.103. The third-order valence-corrected chi connectivity index (χ3v) is 7.35. The van der Waals surface area contributed by atoms with Crippen LogP contribution in [0.25, 0.3) is 10.6 Å². The molecule has 3 aromatic rings. The molecule has 8 heteroatoms. The Morgan fingerprint density at radius 1 is 1.19 bits per heavy atom. The molecule has 1 N–H and O–H groups in total. The number of carbonyl (C=O) groups excluding carboxylic acids is 1. The summed E-state index contributed by atoms with van der Waals surface area (Å²) in [5.74, 6) is 0.162. The van der Waals surface area contributed by atoms with Crippen LogP contribution in [0, 0.1) is 39.0 Å². The average Bonchev–Trinajstić information content (AvgIpc) is 3.15. The second-order valence-electron chi connectivity index (χ2n) is 6.04. The molecular weight excluding hydrogens is 396 g/mol. The summed E-state index contributed by atoms with van der Waals surface area (Å²) in [6.45, 7) is 7.83. The summed E-state index contributed by atoms with van der Waals surface area (Å²) >= 11 is 4.21. The van der Waals surface area contributed by atoms with Crippen molar-refractivity contribution >= 4 is 45.5 Å². The van der Waals surface area contributed by atoms with Gasteiger partial charge in [-0.15, -0.1) is 11.3 Å². The SMILES string of the molecule is Cc1ccc(-c2nc(C)c(C(=O)Nc3nc(C)c(SCC#N)s3)s2)c(C)c1. The van der Waals surface area contributed by atoms with Gasteiger partial charge < -0.3 is 0 Å². The number of aryl methyl sites for hydroxylation is 4. The third-order valence-electron chi connectivity index (χ3n) is 3.86. The zero-order valence-corrected chi connectivity index (χ0v) is 17.9. The maximum Gasteiger partial charge on any atom is 0.269 e. The first-order chi connectivity index (χ1) is 12.9. The Morgan fingerprint density at radius 3 is 2.67 bits per heavy atom. The van der Waals surface area contributed by atoms with Crippen LogP contribution in [0.4, 0.5) is 5.13 Å². The number of rotatable bonds is 5. The number of nitrogens with one attached hydrogen (secondary N) is 1. The second kappa shape index (κ2) is 8.21. The molecule has 138 valence electrons. The molecule has 0 saturated heterocycles. The summed E-state index contributed by atoms with van der Waals surface area (Å²) in [6, 6.07) is 8.32. The molecule has 1 aromatic carbocycles. The van der Waals surface area contributed by atoms with Crippen molar-refractivity contribution < 1.29 is 4.79 Å². The zero-order chi connectivity index (χ0) is 19.6. The van der Waals surface area contributed by atoms with Crippen LogP contribution in [0.2, 0.25) is 0 Å². The molecule has 3 rings (SSSR count). The lowest BCUT2D eigenvalue weighted by Crippen LogP contribution is -2.11. The fourth-order valence-corrected chi connectivity index (χ4v) is 5.44. The quantitative estimate of drug-likeness (QED) is 0.568. The van der Waals surface area contributed by atoms with Crippen molar-refractivity contribution in [3.05, 3.63) is 45.6 Å². The summed E-state index contributed by atoms with van der Waals surface area (Å²) in [7, 11) is 0. The molecule has 0 aliphatic carbocycles. The van der Waals surface area contributed by atoms with Crippen molar-refractivity contribution in [1.82, 2.24) is 9.97 Å². The first-order valence-electron chi connectivity index (χ1n) is 8.22. The maximum atomic E-state index is 12.7. The van der Waals surface area contributed by atoms with Crippen molar-refractivity contribution in [2.45, 2.75) is 31.9 Å². The van der Waals surface area contributed by atoms with Gasteiger partial charge >= 0.3 is 0 Å². The van der Waals surface area contributed by atoms with Crippen LogP contribution in [-0.2, 0) is 0 Å². The third kappa shape index (κ3) is 4.38. The Hall–Kier alpha value is -2.21. The number of hydrogen-bond donors (Lipinski definition) is 1. The second-order valence-corrected chi connectivity index (χ2v) is 9.29. The van der Waals surface area contributed by atoms with E-state index in [0.717, 1.165) is 26.0 Å². The number of benzene rings is 1. The summed E-state index contributed by atoms with van der Waals surface area (Å²) in [6.07, 6.45) is 0. The van der Waals surface area contributed by atoms with E-state index in [9.17, 15) is 4.79 Å². The molecule has 0 bridgehead atoms. The van der Waals surface area contributed by atoms with Crippen LogP contribution in [0.15, 0.2) is 22.4 Å². The van der Waals surface area contributed by atoms with E-state index in [1.165, 1.54) is 40.0 Å². The first-order valence-corrected chi connectivity index (χ1v) is 10.8. The van der Waals surface area contributed by atoms with E-state index in [4.69, 9.17) is 5.26 Å². The van der Waals surface area contributed by atoms with E-state index in [1.54, 1.807) is 0 Å². The molecule has 0 spiro atoms. The van der Waals surface area contributed by atoms with E-state index in [2.05, 4.69) is 47.3 Å². The largest absolute Gasteiger partial charge is 0.297 e. The summed E-state index contributed by atoms with van der Waals surface area (Å²) < 4.78 is 0.948. The minimum Gasteiger partial charge on any atom is -0.297 e. The highest BCUT2D eigenvalue weighted by Gasteiger charge is 2.19. The Morgan fingerprint density at radius 2 is 1.96 bits per heavy atom. The molecule has 2 heterocycles. The number of anilines is 1. The Bertz CT molecular complexity index is 1050. The minimum atomic E-state index is -0.202. The number of carbonyl (C=O) groups is 1. The molecule has 0 fully saturated rings. The van der Waals surface area contributed by atoms with Crippen LogP contribution >= 0.6 is 34.4 Å². The van der Waals surface area contributed by atoms with E-state index < -0.39 is 0 Å². The number of amides is 1. The van der Waals surface area contributed by atoms with Crippen LogP contribution in [-0.4, -0.2) is 21.6 Å². The normalized spacial score (nSPS) is 10.6. The minimum absolute atomic E-state index is 0.202. The molecular formula is C19H18N4OS3.